The van der Waals surface area contributed by atoms with E-state index in [0.29, 0.717) is 16.5 Å². The molecule has 0 fully saturated rings. The number of carbonyl (C=O) groups excluding carboxylic acids is 1. The van der Waals surface area contributed by atoms with Gasteiger partial charge in [0.05, 0.1) is 40.2 Å². The molecule has 0 saturated heterocycles. The Morgan fingerprint density at radius 1 is 1.44 bits per heavy atom. The van der Waals surface area contributed by atoms with Gasteiger partial charge in [-0.3, -0.25) is 4.79 Å². The summed E-state index contributed by atoms with van der Waals surface area (Å²) in [4.78, 5) is 25.3. The van der Waals surface area contributed by atoms with Crippen LogP contribution in [0.25, 0.3) is 0 Å². The van der Waals surface area contributed by atoms with Crippen molar-refractivity contribution in [2.45, 2.75) is 40.0 Å². The van der Waals surface area contributed by atoms with E-state index in [1.165, 1.54) is 20.4 Å². The van der Waals surface area contributed by atoms with Crippen LogP contribution in [0.4, 0.5) is 5.00 Å². The van der Waals surface area contributed by atoms with Gasteiger partial charge in [0.15, 0.2) is 0 Å². The Hall–Kier alpha value is -1.42. The molecular weight excluding hydrogens is 453 g/mol. The molecule has 0 spiro atoms. The second-order valence-corrected chi connectivity index (χ2v) is 9.48. The Morgan fingerprint density at radius 2 is 2.16 bits per heavy atom. The summed E-state index contributed by atoms with van der Waals surface area (Å²) in [5, 5.41) is 16.8. The van der Waals surface area contributed by atoms with Gasteiger partial charge in [-0.15, -0.1) is 11.3 Å². The number of nitrogens with one attached hydrogen (secondary N) is 1. The average molecular weight is 473 g/mol. The SMILES string of the molecule is CC(C)(C)C1CCc2c(sc(NC(=O)c3cnn(I)c3)c2C(=O)O)C1. The lowest BCUT2D eigenvalue weighted by molar-refractivity contribution is 0.0696. The summed E-state index contributed by atoms with van der Waals surface area (Å²) < 4.78 is 1.51. The van der Waals surface area contributed by atoms with E-state index in [4.69, 9.17) is 0 Å². The van der Waals surface area contributed by atoms with E-state index in [1.54, 1.807) is 6.20 Å². The molecule has 25 heavy (non-hydrogen) atoms. The minimum Gasteiger partial charge on any atom is -0.478 e. The molecule has 1 atom stereocenters. The molecule has 2 aromatic rings. The highest BCUT2D eigenvalue weighted by Crippen LogP contribution is 2.44. The van der Waals surface area contributed by atoms with E-state index in [-0.39, 0.29) is 16.9 Å². The standard InChI is InChI=1S/C17H20IN3O3S/c1-17(2,3)10-4-5-11-12(6-10)25-15(13(11)16(23)24)20-14(22)9-7-19-21(18)8-9/h7-8,10H,4-6H2,1-3H3,(H,20,22)(H,23,24). The third-order valence-electron chi connectivity index (χ3n) is 4.75. The zero-order valence-electron chi connectivity index (χ0n) is 14.3. The van der Waals surface area contributed by atoms with Gasteiger partial charge in [0.25, 0.3) is 5.91 Å². The number of aromatic carboxylic acids is 1. The minimum atomic E-state index is -0.980. The van der Waals surface area contributed by atoms with Crippen molar-refractivity contribution in [1.82, 2.24) is 7.99 Å². The predicted molar refractivity (Wildman–Crippen MR) is 106 cm³/mol. The second kappa shape index (κ2) is 6.71. The quantitative estimate of drug-likeness (QED) is 0.654. The first-order valence-electron chi connectivity index (χ1n) is 8.07. The van der Waals surface area contributed by atoms with Gasteiger partial charge >= 0.3 is 5.97 Å². The number of amides is 1. The molecule has 134 valence electrons. The molecule has 1 aliphatic rings. The van der Waals surface area contributed by atoms with Crippen molar-refractivity contribution in [2.75, 3.05) is 5.32 Å². The average Bonchev–Trinajstić information content (AvgIpc) is 3.08. The second-order valence-electron chi connectivity index (χ2n) is 7.39. The zero-order valence-corrected chi connectivity index (χ0v) is 17.3. The Balaban J connectivity index is 1.91. The number of rotatable bonds is 3. The van der Waals surface area contributed by atoms with Crippen LogP contribution < -0.4 is 5.32 Å². The zero-order chi connectivity index (χ0) is 18.4. The topological polar surface area (TPSA) is 84.2 Å². The molecule has 1 unspecified atom stereocenters. The normalized spacial score (nSPS) is 17.2. The molecular formula is C17H20IN3O3S. The molecule has 1 aliphatic carbocycles. The fraction of sp³-hybridized carbons (Fsp3) is 0.471. The van der Waals surface area contributed by atoms with Gasteiger partial charge in [-0.1, -0.05) is 20.8 Å². The molecule has 0 aromatic carbocycles. The van der Waals surface area contributed by atoms with E-state index in [2.05, 4.69) is 31.2 Å². The first-order chi connectivity index (χ1) is 11.7. The summed E-state index contributed by atoms with van der Waals surface area (Å²) in [6.07, 6.45) is 5.65. The van der Waals surface area contributed by atoms with Crippen LogP contribution in [0.1, 0.15) is 58.3 Å². The van der Waals surface area contributed by atoms with Crippen molar-refractivity contribution in [2.24, 2.45) is 11.3 Å². The van der Waals surface area contributed by atoms with Crippen LogP contribution in [-0.4, -0.2) is 25.0 Å². The molecule has 2 heterocycles. The van der Waals surface area contributed by atoms with E-state index in [1.807, 2.05) is 22.9 Å². The fourth-order valence-electron chi connectivity index (χ4n) is 3.23. The van der Waals surface area contributed by atoms with Crippen molar-refractivity contribution >= 4 is 51.1 Å². The first-order valence-corrected chi connectivity index (χ1v) is 9.85. The number of hydrogen-bond acceptors (Lipinski definition) is 4. The molecule has 1 amide bonds. The van der Waals surface area contributed by atoms with E-state index in [9.17, 15) is 14.7 Å². The van der Waals surface area contributed by atoms with Gasteiger partial charge in [-0.05, 0) is 36.2 Å². The summed E-state index contributed by atoms with van der Waals surface area (Å²) in [5.74, 6) is -0.802. The highest BCUT2D eigenvalue weighted by molar-refractivity contribution is 14.1. The summed E-state index contributed by atoms with van der Waals surface area (Å²) in [6.45, 7) is 6.66. The Morgan fingerprint density at radius 3 is 2.72 bits per heavy atom. The van der Waals surface area contributed by atoms with Gasteiger partial charge in [0.2, 0.25) is 0 Å². The minimum absolute atomic E-state index is 0.184. The van der Waals surface area contributed by atoms with Crippen LogP contribution in [0.5, 0.6) is 0 Å². The third-order valence-corrected chi connectivity index (χ3v) is 6.44. The number of carboxylic acids is 1. The molecule has 3 rings (SSSR count). The highest BCUT2D eigenvalue weighted by Gasteiger charge is 2.34. The molecule has 0 bridgehead atoms. The number of carbonyl (C=O) groups is 2. The third kappa shape index (κ3) is 3.74. The number of fused-ring (bicyclic) bond motifs is 1. The number of anilines is 1. The molecule has 0 saturated carbocycles. The van der Waals surface area contributed by atoms with E-state index < -0.39 is 5.97 Å². The molecule has 8 heteroatoms. The maximum absolute atomic E-state index is 12.4. The van der Waals surface area contributed by atoms with Crippen LogP contribution in [0.2, 0.25) is 0 Å². The summed E-state index contributed by atoms with van der Waals surface area (Å²) in [5.41, 5.74) is 1.73. The first kappa shape index (κ1) is 18.4. The summed E-state index contributed by atoms with van der Waals surface area (Å²) in [6, 6.07) is 0. The highest BCUT2D eigenvalue weighted by atomic mass is 127. The smallest absolute Gasteiger partial charge is 0.339 e. The number of thiophene rings is 1. The van der Waals surface area contributed by atoms with Crippen molar-refractivity contribution < 1.29 is 14.7 Å². The lowest BCUT2D eigenvalue weighted by atomic mass is 9.72. The van der Waals surface area contributed by atoms with E-state index >= 15 is 0 Å². The van der Waals surface area contributed by atoms with Crippen molar-refractivity contribution in [3.05, 3.63) is 34.0 Å². The molecule has 0 aliphatic heterocycles. The van der Waals surface area contributed by atoms with Crippen molar-refractivity contribution in [3.63, 3.8) is 0 Å². The van der Waals surface area contributed by atoms with Crippen LogP contribution in [0.15, 0.2) is 12.4 Å². The number of halogens is 1. The predicted octanol–water partition coefficient (Wildman–Crippen LogP) is 4.24. The Bertz CT molecular complexity index is 835. The van der Waals surface area contributed by atoms with Crippen LogP contribution in [0, 0.1) is 11.3 Å². The lowest BCUT2D eigenvalue weighted by Crippen LogP contribution is -2.26. The van der Waals surface area contributed by atoms with Crippen LogP contribution in [-0.2, 0) is 12.8 Å². The maximum atomic E-state index is 12.4. The van der Waals surface area contributed by atoms with Gasteiger partial charge < -0.3 is 10.4 Å². The van der Waals surface area contributed by atoms with E-state index in [0.717, 1.165) is 29.7 Å². The molecule has 2 N–H and O–H groups in total. The van der Waals surface area contributed by atoms with Crippen molar-refractivity contribution in [1.29, 1.82) is 0 Å². The summed E-state index contributed by atoms with van der Waals surface area (Å²) >= 11 is 3.35. The fourth-order valence-corrected chi connectivity index (χ4v) is 4.97. The largest absolute Gasteiger partial charge is 0.478 e. The molecule has 2 aromatic heterocycles. The number of carboxylic acid groups (broad SMARTS) is 1. The molecule has 0 radical (unpaired) electrons. The molecule has 6 nitrogen and oxygen atoms in total. The maximum Gasteiger partial charge on any atom is 0.339 e. The van der Waals surface area contributed by atoms with Crippen molar-refractivity contribution in [3.8, 4) is 0 Å². The van der Waals surface area contributed by atoms with Crippen LogP contribution in [0.3, 0.4) is 0 Å². The van der Waals surface area contributed by atoms with Gasteiger partial charge in [-0.2, -0.15) is 5.10 Å². The number of aromatic nitrogens is 2. The number of nitrogens with zero attached hydrogens (tertiary/aromatic N) is 2. The number of hydrogen-bond donors (Lipinski definition) is 2. The monoisotopic (exact) mass is 473 g/mol. The lowest BCUT2D eigenvalue weighted by Gasteiger charge is -2.33. The Labute approximate surface area is 164 Å². The van der Waals surface area contributed by atoms with Gasteiger partial charge in [-0.25, -0.2) is 7.69 Å². The Kier molecular flexibility index (Phi) is 4.93. The van der Waals surface area contributed by atoms with Crippen LogP contribution >= 0.6 is 34.2 Å². The van der Waals surface area contributed by atoms with Gasteiger partial charge in [0, 0.05) is 11.1 Å². The summed E-state index contributed by atoms with van der Waals surface area (Å²) in [7, 11) is 0. The van der Waals surface area contributed by atoms with Gasteiger partial charge in [0.1, 0.15) is 5.00 Å².